The highest BCUT2D eigenvalue weighted by molar-refractivity contribution is 7.92. The number of carbonyl (C=O) groups is 2. The molecule has 2 aromatic carbocycles. The van der Waals surface area contributed by atoms with Gasteiger partial charge in [-0.15, -0.1) is 0 Å². The molecule has 186 valence electrons. The van der Waals surface area contributed by atoms with E-state index in [0.29, 0.717) is 18.7 Å². The number of hydrogen-bond acceptors (Lipinski definition) is 4. The maximum Gasteiger partial charge on any atom is 0.244 e. The number of hydrogen-bond donors (Lipinski definition) is 1. The van der Waals surface area contributed by atoms with E-state index >= 15 is 0 Å². The molecular weight excluding hydrogens is 450 g/mol. The number of benzene rings is 2. The fourth-order valence-corrected chi connectivity index (χ4v) is 4.58. The van der Waals surface area contributed by atoms with Crippen molar-refractivity contribution >= 4 is 27.5 Å². The quantitative estimate of drug-likeness (QED) is 0.526. The zero-order valence-corrected chi connectivity index (χ0v) is 21.9. The molecule has 0 aliphatic heterocycles. The van der Waals surface area contributed by atoms with Crippen molar-refractivity contribution in [3.63, 3.8) is 0 Å². The number of anilines is 1. The van der Waals surface area contributed by atoms with Crippen LogP contribution >= 0.6 is 0 Å². The van der Waals surface area contributed by atoms with Crippen LogP contribution < -0.4 is 9.62 Å². The largest absolute Gasteiger partial charge is 0.352 e. The summed E-state index contributed by atoms with van der Waals surface area (Å²) in [5.41, 5.74) is 3.27. The molecule has 0 aliphatic carbocycles. The lowest BCUT2D eigenvalue weighted by atomic mass is 10.1. The number of nitrogens with one attached hydrogen (secondary N) is 1. The molecule has 7 nitrogen and oxygen atoms in total. The SMILES string of the molecule is CC[C@@H](C)NC(=O)[C@@H](C)N(CCc1ccccc1)C(=O)CN(c1cc(C)cc(C)c1)S(C)(=O)=O. The Balaban J connectivity index is 2.34. The smallest absolute Gasteiger partial charge is 0.244 e. The number of nitrogens with zero attached hydrogens (tertiary/aromatic N) is 2. The third kappa shape index (κ3) is 7.87. The van der Waals surface area contributed by atoms with Gasteiger partial charge in [-0.1, -0.05) is 43.3 Å². The van der Waals surface area contributed by atoms with Crippen molar-refractivity contribution in [2.24, 2.45) is 0 Å². The summed E-state index contributed by atoms with van der Waals surface area (Å²) in [6, 6.07) is 14.4. The van der Waals surface area contributed by atoms with Crippen molar-refractivity contribution in [2.75, 3.05) is 23.7 Å². The second-order valence-corrected chi connectivity index (χ2v) is 10.8. The van der Waals surface area contributed by atoms with Crippen LogP contribution in [0.1, 0.15) is 43.9 Å². The van der Waals surface area contributed by atoms with E-state index in [1.54, 1.807) is 19.1 Å². The van der Waals surface area contributed by atoms with Gasteiger partial charge in [-0.2, -0.15) is 0 Å². The molecule has 1 N–H and O–H groups in total. The van der Waals surface area contributed by atoms with Crippen molar-refractivity contribution in [1.29, 1.82) is 0 Å². The summed E-state index contributed by atoms with van der Waals surface area (Å²) in [5, 5.41) is 2.93. The molecule has 2 atom stereocenters. The zero-order valence-electron chi connectivity index (χ0n) is 21.0. The van der Waals surface area contributed by atoms with Crippen molar-refractivity contribution in [3.05, 3.63) is 65.2 Å². The molecule has 0 aliphatic rings. The molecule has 0 heterocycles. The van der Waals surface area contributed by atoms with Crippen LogP contribution in [0.25, 0.3) is 0 Å². The van der Waals surface area contributed by atoms with Crippen LogP contribution in [0.3, 0.4) is 0 Å². The predicted octanol–water partition coefficient (Wildman–Crippen LogP) is 3.44. The second-order valence-electron chi connectivity index (χ2n) is 8.93. The van der Waals surface area contributed by atoms with Gasteiger partial charge in [0.2, 0.25) is 21.8 Å². The number of sulfonamides is 1. The van der Waals surface area contributed by atoms with Gasteiger partial charge in [-0.25, -0.2) is 8.42 Å². The van der Waals surface area contributed by atoms with E-state index in [9.17, 15) is 18.0 Å². The Hall–Kier alpha value is -2.87. The van der Waals surface area contributed by atoms with Crippen LogP contribution in [0.15, 0.2) is 48.5 Å². The van der Waals surface area contributed by atoms with E-state index in [0.717, 1.165) is 33.7 Å². The summed E-state index contributed by atoms with van der Waals surface area (Å²) in [6.07, 6.45) is 2.41. The number of carbonyl (C=O) groups excluding carboxylic acids is 2. The summed E-state index contributed by atoms with van der Waals surface area (Å²) < 4.78 is 26.4. The first-order chi connectivity index (χ1) is 15.9. The lowest BCUT2D eigenvalue weighted by molar-refractivity contribution is -0.139. The molecule has 34 heavy (non-hydrogen) atoms. The van der Waals surface area contributed by atoms with Crippen molar-refractivity contribution in [1.82, 2.24) is 10.2 Å². The maximum atomic E-state index is 13.5. The normalized spacial score (nSPS) is 13.1. The van der Waals surface area contributed by atoms with Gasteiger partial charge in [0.1, 0.15) is 12.6 Å². The Bertz CT molecular complexity index is 1070. The van der Waals surface area contributed by atoms with Gasteiger partial charge < -0.3 is 10.2 Å². The van der Waals surface area contributed by atoms with Crippen LogP contribution in [0, 0.1) is 13.8 Å². The van der Waals surface area contributed by atoms with Crippen LogP contribution in [-0.4, -0.2) is 56.6 Å². The molecule has 2 rings (SSSR count). The summed E-state index contributed by atoms with van der Waals surface area (Å²) in [5.74, 6) is -0.680. The second kappa shape index (κ2) is 12.0. The van der Waals surface area contributed by atoms with Gasteiger partial charge in [0.05, 0.1) is 11.9 Å². The topological polar surface area (TPSA) is 86.8 Å². The fourth-order valence-electron chi connectivity index (χ4n) is 3.74. The Morgan fingerprint density at radius 1 is 1.00 bits per heavy atom. The molecule has 0 bridgehead atoms. The van der Waals surface area contributed by atoms with Crippen LogP contribution in [-0.2, 0) is 26.0 Å². The molecule has 0 radical (unpaired) electrons. The predicted molar refractivity (Wildman–Crippen MR) is 137 cm³/mol. The molecule has 0 spiro atoms. The van der Waals surface area contributed by atoms with Gasteiger partial charge in [-0.3, -0.25) is 13.9 Å². The summed E-state index contributed by atoms with van der Waals surface area (Å²) in [6.45, 7) is 9.24. The number of amides is 2. The van der Waals surface area contributed by atoms with Gasteiger partial charge in [0.25, 0.3) is 0 Å². The van der Waals surface area contributed by atoms with E-state index in [1.165, 1.54) is 4.90 Å². The number of rotatable bonds is 11. The van der Waals surface area contributed by atoms with Crippen molar-refractivity contribution in [2.45, 2.75) is 59.5 Å². The van der Waals surface area contributed by atoms with Gasteiger partial charge in [-0.05, 0) is 69.4 Å². The molecule has 0 saturated carbocycles. The molecule has 2 amide bonds. The molecule has 2 aromatic rings. The first-order valence-electron chi connectivity index (χ1n) is 11.6. The van der Waals surface area contributed by atoms with Gasteiger partial charge >= 0.3 is 0 Å². The standard InChI is InChI=1S/C26H37N3O4S/c1-7-21(4)27-26(31)22(5)28(14-13-23-11-9-8-10-12-23)25(30)18-29(34(6,32)33)24-16-19(2)15-20(3)17-24/h8-12,15-17,21-22H,7,13-14,18H2,1-6H3,(H,27,31)/t21-,22-/m1/s1. The van der Waals surface area contributed by atoms with Crippen LogP contribution in [0.5, 0.6) is 0 Å². The summed E-state index contributed by atoms with van der Waals surface area (Å²) in [7, 11) is -3.73. The lowest BCUT2D eigenvalue weighted by Gasteiger charge is -2.32. The van der Waals surface area contributed by atoms with E-state index < -0.39 is 22.0 Å². The van der Waals surface area contributed by atoms with E-state index in [4.69, 9.17) is 0 Å². The highest BCUT2D eigenvalue weighted by Gasteiger charge is 2.30. The summed E-state index contributed by atoms with van der Waals surface area (Å²) >= 11 is 0. The first-order valence-corrected chi connectivity index (χ1v) is 13.5. The Labute approximate surface area is 204 Å². The minimum absolute atomic E-state index is 0.0242. The monoisotopic (exact) mass is 487 g/mol. The lowest BCUT2D eigenvalue weighted by Crippen LogP contribution is -2.53. The van der Waals surface area contributed by atoms with Crippen LogP contribution in [0.4, 0.5) is 5.69 Å². The van der Waals surface area contributed by atoms with E-state index in [1.807, 2.05) is 64.1 Å². The number of aryl methyl sites for hydroxylation is 2. The van der Waals surface area contributed by atoms with Crippen molar-refractivity contribution < 1.29 is 18.0 Å². The highest BCUT2D eigenvalue weighted by atomic mass is 32.2. The zero-order chi connectivity index (χ0) is 25.5. The maximum absolute atomic E-state index is 13.5. The molecule has 0 unspecified atom stereocenters. The molecule has 8 heteroatoms. The fraction of sp³-hybridized carbons (Fsp3) is 0.462. The average Bonchev–Trinajstić information content (AvgIpc) is 2.76. The van der Waals surface area contributed by atoms with Gasteiger partial charge in [0, 0.05) is 12.6 Å². The Kier molecular flexibility index (Phi) is 9.67. The average molecular weight is 488 g/mol. The molecular formula is C26H37N3O4S. The minimum Gasteiger partial charge on any atom is -0.352 e. The van der Waals surface area contributed by atoms with Gasteiger partial charge in [0.15, 0.2) is 0 Å². The summed E-state index contributed by atoms with van der Waals surface area (Å²) in [4.78, 5) is 27.9. The molecule has 0 fully saturated rings. The third-order valence-corrected chi connectivity index (χ3v) is 6.97. The highest BCUT2D eigenvalue weighted by Crippen LogP contribution is 2.22. The Morgan fingerprint density at radius 2 is 1.59 bits per heavy atom. The van der Waals surface area contributed by atoms with Crippen molar-refractivity contribution in [3.8, 4) is 0 Å². The first kappa shape index (κ1) is 27.4. The minimum atomic E-state index is -3.73. The third-order valence-electron chi connectivity index (χ3n) is 5.83. The van der Waals surface area contributed by atoms with E-state index in [2.05, 4.69) is 5.32 Å². The van der Waals surface area contributed by atoms with Crippen LogP contribution in [0.2, 0.25) is 0 Å². The Morgan fingerprint density at radius 3 is 2.12 bits per heavy atom. The molecule has 0 saturated heterocycles. The molecule has 0 aromatic heterocycles. The van der Waals surface area contributed by atoms with E-state index in [-0.39, 0.29) is 18.5 Å².